The van der Waals surface area contributed by atoms with Crippen LogP contribution in [0, 0.1) is 6.92 Å². The Hall–Kier alpha value is -3.30. The normalized spacial score (nSPS) is 10.6. The second kappa shape index (κ2) is 7.75. The molecule has 3 amide bonds. The van der Waals surface area contributed by atoms with Gasteiger partial charge in [0, 0.05) is 11.1 Å². The maximum atomic E-state index is 12.4. The Labute approximate surface area is 168 Å². The average molecular weight is 409 g/mol. The molecular weight excluding hydrogens is 394 g/mol. The van der Waals surface area contributed by atoms with E-state index in [0.29, 0.717) is 16.0 Å². The van der Waals surface area contributed by atoms with Crippen molar-refractivity contribution in [1.82, 2.24) is 9.97 Å². The summed E-state index contributed by atoms with van der Waals surface area (Å²) >= 11 is 2.58. The zero-order valence-corrected chi connectivity index (χ0v) is 16.4. The fraction of sp³-hybridized carbons (Fsp3) is 0.0526. The van der Waals surface area contributed by atoms with E-state index in [9.17, 15) is 9.59 Å². The number of benzene rings is 2. The lowest BCUT2D eigenvalue weighted by Crippen LogP contribution is -2.19. The van der Waals surface area contributed by atoms with Gasteiger partial charge in [-0.2, -0.15) is 0 Å². The maximum absolute atomic E-state index is 12.4. The summed E-state index contributed by atoms with van der Waals surface area (Å²) in [4.78, 5) is 33.1. The second-order valence-corrected chi connectivity index (χ2v) is 7.77. The van der Waals surface area contributed by atoms with Gasteiger partial charge in [0.15, 0.2) is 10.3 Å². The number of urea groups is 1. The van der Waals surface area contributed by atoms with Crippen LogP contribution in [0.2, 0.25) is 0 Å². The summed E-state index contributed by atoms with van der Waals surface area (Å²) in [5.74, 6) is -0.371. The van der Waals surface area contributed by atoms with Crippen LogP contribution in [0.1, 0.15) is 16.1 Å². The number of rotatable bonds is 4. The van der Waals surface area contributed by atoms with Gasteiger partial charge in [-0.25, -0.2) is 14.8 Å². The Morgan fingerprint density at radius 3 is 2.50 bits per heavy atom. The standard InChI is InChI=1S/C19H15N5O2S2/c1-11-6-5-9-14-15(11)22-19(28-14)23-16(25)13-10-27-18(21-13)24-17(26)20-12-7-3-2-4-8-12/h2-10H,1H3,(H,22,23,25)(H2,20,21,24,26). The zero-order valence-electron chi connectivity index (χ0n) is 14.7. The number of carbonyl (C=O) groups is 2. The highest BCUT2D eigenvalue weighted by molar-refractivity contribution is 7.22. The van der Waals surface area contributed by atoms with Crippen LogP contribution in [-0.4, -0.2) is 21.9 Å². The minimum atomic E-state index is -0.422. The number of aryl methyl sites for hydroxylation is 1. The molecule has 4 aromatic rings. The van der Waals surface area contributed by atoms with Gasteiger partial charge in [-0.05, 0) is 30.7 Å². The Kier molecular flexibility index (Phi) is 5.00. The smallest absolute Gasteiger partial charge is 0.308 e. The largest absolute Gasteiger partial charge is 0.325 e. The van der Waals surface area contributed by atoms with E-state index in [2.05, 4.69) is 25.9 Å². The molecule has 4 rings (SSSR count). The highest BCUT2D eigenvalue weighted by atomic mass is 32.1. The van der Waals surface area contributed by atoms with Crippen LogP contribution in [0.15, 0.2) is 53.9 Å². The number of carbonyl (C=O) groups excluding carboxylic acids is 2. The van der Waals surface area contributed by atoms with E-state index in [0.717, 1.165) is 15.8 Å². The summed E-state index contributed by atoms with van der Waals surface area (Å²) in [7, 11) is 0. The van der Waals surface area contributed by atoms with Crippen molar-refractivity contribution in [2.24, 2.45) is 0 Å². The topological polar surface area (TPSA) is 96.0 Å². The molecule has 0 spiro atoms. The van der Waals surface area contributed by atoms with Crippen LogP contribution < -0.4 is 16.0 Å². The quantitative estimate of drug-likeness (QED) is 0.444. The molecule has 2 aromatic heterocycles. The maximum Gasteiger partial charge on any atom is 0.325 e. The third kappa shape index (κ3) is 4.00. The van der Waals surface area contributed by atoms with Gasteiger partial charge in [0.25, 0.3) is 5.91 Å². The first kappa shape index (κ1) is 18.1. The summed E-state index contributed by atoms with van der Waals surface area (Å²) < 4.78 is 1.01. The number of nitrogens with one attached hydrogen (secondary N) is 3. The van der Waals surface area contributed by atoms with E-state index in [1.54, 1.807) is 17.5 Å². The number of hydrogen-bond acceptors (Lipinski definition) is 6. The molecule has 2 heterocycles. The van der Waals surface area contributed by atoms with Gasteiger partial charge in [-0.1, -0.05) is 41.7 Å². The fourth-order valence-corrected chi connectivity index (χ4v) is 4.14. The van der Waals surface area contributed by atoms with Gasteiger partial charge < -0.3 is 5.32 Å². The predicted molar refractivity (Wildman–Crippen MR) is 114 cm³/mol. The van der Waals surface area contributed by atoms with Gasteiger partial charge in [-0.3, -0.25) is 15.4 Å². The first-order valence-corrected chi connectivity index (χ1v) is 10.0. The van der Waals surface area contributed by atoms with Crippen molar-refractivity contribution in [1.29, 1.82) is 0 Å². The van der Waals surface area contributed by atoms with E-state index >= 15 is 0 Å². The summed E-state index contributed by atoms with van der Waals surface area (Å²) in [5.41, 5.74) is 2.82. The first-order chi connectivity index (χ1) is 13.6. The predicted octanol–water partition coefficient (Wildman–Crippen LogP) is 4.96. The van der Waals surface area contributed by atoms with Crippen molar-refractivity contribution in [2.75, 3.05) is 16.0 Å². The lowest BCUT2D eigenvalue weighted by molar-refractivity contribution is 0.102. The van der Waals surface area contributed by atoms with Gasteiger partial charge >= 0.3 is 6.03 Å². The Morgan fingerprint density at radius 2 is 1.71 bits per heavy atom. The molecule has 9 heteroatoms. The van der Waals surface area contributed by atoms with E-state index in [1.165, 1.54) is 22.7 Å². The molecule has 0 atom stereocenters. The number of anilines is 3. The summed E-state index contributed by atoms with van der Waals surface area (Å²) in [6, 6.07) is 14.5. The van der Waals surface area contributed by atoms with Crippen LogP contribution in [0.5, 0.6) is 0 Å². The summed E-state index contributed by atoms with van der Waals surface area (Å²) in [5, 5.41) is 10.5. The number of hydrogen-bond donors (Lipinski definition) is 3. The lowest BCUT2D eigenvalue weighted by Gasteiger charge is -2.04. The monoisotopic (exact) mass is 409 g/mol. The van der Waals surface area contributed by atoms with Crippen LogP contribution >= 0.6 is 22.7 Å². The Bertz CT molecular complexity index is 1150. The van der Waals surface area contributed by atoms with Crippen LogP contribution in [0.4, 0.5) is 20.7 Å². The number of amides is 3. The summed E-state index contributed by atoms with van der Waals surface area (Å²) in [6.07, 6.45) is 0. The second-order valence-electron chi connectivity index (χ2n) is 5.88. The number of thiazole rings is 2. The molecule has 0 radical (unpaired) electrons. The van der Waals surface area contributed by atoms with E-state index in [4.69, 9.17) is 0 Å². The number of para-hydroxylation sites is 2. The molecule has 2 aromatic carbocycles. The fourth-order valence-electron chi connectivity index (χ4n) is 2.52. The molecule has 0 aliphatic heterocycles. The number of aromatic nitrogens is 2. The molecule has 0 unspecified atom stereocenters. The van der Waals surface area contributed by atoms with Crippen LogP contribution in [-0.2, 0) is 0 Å². The van der Waals surface area contributed by atoms with Crippen molar-refractivity contribution < 1.29 is 9.59 Å². The number of nitrogens with zero attached hydrogens (tertiary/aromatic N) is 2. The van der Waals surface area contributed by atoms with Crippen molar-refractivity contribution in [3.8, 4) is 0 Å². The molecule has 140 valence electrons. The van der Waals surface area contributed by atoms with E-state index in [1.807, 2.05) is 43.3 Å². The van der Waals surface area contributed by atoms with E-state index in [-0.39, 0.29) is 11.6 Å². The zero-order chi connectivity index (χ0) is 19.5. The van der Waals surface area contributed by atoms with Crippen LogP contribution in [0.25, 0.3) is 10.2 Å². The van der Waals surface area contributed by atoms with Gasteiger partial charge in [-0.15, -0.1) is 11.3 Å². The molecule has 0 saturated heterocycles. The van der Waals surface area contributed by atoms with E-state index < -0.39 is 6.03 Å². The molecule has 0 aliphatic carbocycles. The van der Waals surface area contributed by atoms with Gasteiger partial charge in [0.1, 0.15) is 5.69 Å². The van der Waals surface area contributed by atoms with Crippen LogP contribution in [0.3, 0.4) is 0 Å². The molecule has 0 saturated carbocycles. The summed E-state index contributed by atoms with van der Waals surface area (Å²) in [6.45, 7) is 1.98. The Balaban J connectivity index is 1.41. The molecule has 0 aliphatic rings. The van der Waals surface area contributed by atoms with Gasteiger partial charge in [0.2, 0.25) is 0 Å². The molecule has 0 fully saturated rings. The van der Waals surface area contributed by atoms with Crippen molar-refractivity contribution >= 4 is 60.8 Å². The van der Waals surface area contributed by atoms with Crippen molar-refractivity contribution in [3.05, 3.63) is 65.2 Å². The highest BCUT2D eigenvalue weighted by Gasteiger charge is 2.15. The third-order valence-corrected chi connectivity index (χ3v) is 5.52. The van der Waals surface area contributed by atoms with Crippen molar-refractivity contribution in [2.45, 2.75) is 6.92 Å². The highest BCUT2D eigenvalue weighted by Crippen LogP contribution is 2.28. The third-order valence-electron chi connectivity index (χ3n) is 3.83. The average Bonchev–Trinajstić information content (AvgIpc) is 3.30. The Morgan fingerprint density at radius 1 is 0.893 bits per heavy atom. The SMILES string of the molecule is Cc1cccc2sc(NC(=O)c3csc(NC(=O)Nc4ccccc4)n3)nc12. The lowest BCUT2D eigenvalue weighted by atomic mass is 10.2. The first-order valence-electron chi connectivity index (χ1n) is 8.34. The molecule has 28 heavy (non-hydrogen) atoms. The minimum absolute atomic E-state index is 0.219. The molecule has 7 nitrogen and oxygen atoms in total. The molecule has 3 N–H and O–H groups in total. The minimum Gasteiger partial charge on any atom is -0.308 e. The molecular formula is C19H15N5O2S2. The van der Waals surface area contributed by atoms with Crippen molar-refractivity contribution in [3.63, 3.8) is 0 Å². The van der Waals surface area contributed by atoms with Gasteiger partial charge in [0.05, 0.1) is 10.2 Å². The molecule has 0 bridgehead atoms. The number of fused-ring (bicyclic) bond motifs is 1.